The first kappa shape index (κ1) is 20.2. The van der Waals surface area contributed by atoms with Crippen LogP contribution in [0.2, 0.25) is 0 Å². The molecule has 0 bridgehead atoms. The Morgan fingerprint density at radius 2 is 1.93 bits per heavy atom. The van der Waals surface area contributed by atoms with Gasteiger partial charge in [-0.15, -0.1) is 0 Å². The van der Waals surface area contributed by atoms with E-state index in [0.717, 1.165) is 30.9 Å². The maximum absolute atomic E-state index is 12.8. The zero-order chi connectivity index (χ0) is 21.1. The number of hydrogen-bond donors (Lipinski definition) is 0. The molecule has 4 rings (SSSR count). The first-order chi connectivity index (χ1) is 14.5. The Kier molecular flexibility index (Phi) is 5.85. The minimum atomic E-state index is -0.0266. The van der Waals surface area contributed by atoms with E-state index in [9.17, 15) is 4.79 Å². The van der Waals surface area contributed by atoms with Crippen molar-refractivity contribution >= 4 is 5.91 Å². The van der Waals surface area contributed by atoms with E-state index in [2.05, 4.69) is 28.1 Å². The summed E-state index contributed by atoms with van der Waals surface area (Å²) >= 11 is 0. The molecule has 0 radical (unpaired) electrons. The lowest BCUT2D eigenvalue weighted by atomic mass is 10.1. The van der Waals surface area contributed by atoms with E-state index in [4.69, 9.17) is 4.74 Å². The van der Waals surface area contributed by atoms with E-state index < -0.39 is 0 Å². The minimum Gasteiger partial charge on any atom is -0.471 e. The number of carbonyl (C=O) groups excluding carboxylic acids is 1. The Labute approximate surface area is 176 Å². The fraction of sp³-hybridized carbons (Fsp3) is 0.409. The summed E-state index contributed by atoms with van der Waals surface area (Å²) in [5.74, 6) is 0.801. The number of hydrogen-bond acceptors (Lipinski definition) is 5. The van der Waals surface area contributed by atoms with Gasteiger partial charge >= 0.3 is 0 Å². The second kappa shape index (κ2) is 8.71. The van der Waals surface area contributed by atoms with Crippen LogP contribution in [0.15, 0.2) is 42.9 Å². The molecule has 158 valence electrons. The van der Waals surface area contributed by atoms with Crippen LogP contribution < -0.4 is 4.74 Å². The topological polar surface area (TPSA) is 68.4 Å². The number of amides is 1. The number of aryl methyl sites for hydroxylation is 3. The number of aromatic nitrogens is 4. The number of ether oxygens (including phenoxy) is 1. The van der Waals surface area contributed by atoms with Crippen LogP contribution in [0.4, 0.5) is 0 Å². The smallest absolute Gasteiger partial charge is 0.274 e. The standard InChI is InChI=1S/C22H28N6O2/c1-17-4-5-21(18(2)12-17)30-16-28-7-6-20(24-28)22(29)27-10-8-26(9-11-27)15-19-13-23-25(3)14-19/h4-7,12-14H,8-11,15-16H2,1-3H3. The van der Waals surface area contributed by atoms with E-state index in [-0.39, 0.29) is 12.6 Å². The lowest BCUT2D eigenvalue weighted by Crippen LogP contribution is -2.48. The summed E-state index contributed by atoms with van der Waals surface area (Å²) in [7, 11) is 1.92. The van der Waals surface area contributed by atoms with E-state index in [1.807, 2.05) is 48.1 Å². The van der Waals surface area contributed by atoms with Gasteiger partial charge in [-0.25, -0.2) is 4.68 Å². The molecular formula is C22H28N6O2. The quantitative estimate of drug-likeness (QED) is 0.626. The van der Waals surface area contributed by atoms with Crippen LogP contribution in [0, 0.1) is 13.8 Å². The Morgan fingerprint density at radius 3 is 2.63 bits per heavy atom. The molecule has 1 saturated heterocycles. The van der Waals surface area contributed by atoms with E-state index in [1.165, 1.54) is 11.1 Å². The van der Waals surface area contributed by atoms with Gasteiger partial charge in [0.2, 0.25) is 0 Å². The zero-order valence-electron chi connectivity index (χ0n) is 17.8. The monoisotopic (exact) mass is 408 g/mol. The highest BCUT2D eigenvalue weighted by molar-refractivity contribution is 5.92. The van der Waals surface area contributed by atoms with Crippen LogP contribution >= 0.6 is 0 Å². The summed E-state index contributed by atoms with van der Waals surface area (Å²) in [6, 6.07) is 7.83. The third-order valence-electron chi connectivity index (χ3n) is 5.37. The van der Waals surface area contributed by atoms with Crippen LogP contribution in [0.5, 0.6) is 5.75 Å². The summed E-state index contributed by atoms with van der Waals surface area (Å²) < 4.78 is 9.32. The molecule has 1 amide bonds. The molecular weight excluding hydrogens is 380 g/mol. The highest BCUT2D eigenvalue weighted by atomic mass is 16.5. The molecule has 0 aliphatic carbocycles. The summed E-state index contributed by atoms with van der Waals surface area (Å²) in [4.78, 5) is 17.0. The molecule has 1 aliphatic rings. The van der Waals surface area contributed by atoms with E-state index in [0.29, 0.717) is 18.8 Å². The Bertz CT molecular complexity index is 1020. The Morgan fingerprint density at radius 1 is 1.13 bits per heavy atom. The largest absolute Gasteiger partial charge is 0.471 e. The minimum absolute atomic E-state index is 0.0266. The molecule has 8 heteroatoms. The molecule has 0 saturated carbocycles. The number of nitrogens with zero attached hydrogens (tertiary/aromatic N) is 6. The molecule has 2 aromatic heterocycles. The van der Waals surface area contributed by atoms with E-state index in [1.54, 1.807) is 16.9 Å². The third kappa shape index (κ3) is 4.71. The van der Waals surface area contributed by atoms with Gasteiger partial charge in [0, 0.05) is 57.7 Å². The van der Waals surface area contributed by atoms with Crippen molar-refractivity contribution in [1.82, 2.24) is 29.4 Å². The van der Waals surface area contributed by atoms with Crippen LogP contribution in [-0.2, 0) is 20.3 Å². The Hall–Kier alpha value is -3.13. The zero-order valence-corrected chi connectivity index (χ0v) is 17.8. The normalized spacial score (nSPS) is 14.8. The number of carbonyl (C=O) groups is 1. The molecule has 3 aromatic rings. The molecule has 30 heavy (non-hydrogen) atoms. The van der Waals surface area contributed by atoms with Gasteiger partial charge in [-0.3, -0.25) is 14.4 Å². The maximum Gasteiger partial charge on any atom is 0.274 e. The number of benzene rings is 1. The molecule has 3 heterocycles. The maximum atomic E-state index is 12.8. The second-order valence-corrected chi connectivity index (χ2v) is 7.87. The predicted octanol–water partition coefficient (Wildman–Crippen LogP) is 2.23. The Balaban J connectivity index is 1.28. The SMILES string of the molecule is Cc1ccc(OCn2ccc(C(=O)N3CCN(Cc4cnn(C)c4)CC3)n2)c(C)c1. The second-order valence-electron chi connectivity index (χ2n) is 7.87. The van der Waals surface area contributed by atoms with Crippen molar-refractivity contribution in [2.45, 2.75) is 27.1 Å². The average Bonchev–Trinajstić information content (AvgIpc) is 3.36. The summed E-state index contributed by atoms with van der Waals surface area (Å²) in [6.07, 6.45) is 5.71. The van der Waals surface area contributed by atoms with Gasteiger partial charge < -0.3 is 9.64 Å². The van der Waals surface area contributed by atoms with Crippen molar-refractivity contribution in [3.63, 3.8) is 0 Å². The molecule has 0 unspecified atom stereocenters. The summed E-state index contributed by atoms with van der Waals surface area (Å²) in [5.41, 5.74) is 3.94. The molecule has 1 aliphatic heterocycles. The van der Waals surface area contributed by atoms with Crippen LogP contribution in [0.3, 0.4) is 0 Å². The van der Waals surface area contributed by atoms with Crippen molar-refractivity contribution < 1.29 is 9.53 Å². The fourth-order valence-electron chi connectivity index (χ4n) is 3.73. The van der Waals surface area contributed by atoms with Gasteiger partial charge in [0.1, 0.15) is 5.75 Å². The van der Waals surface area contributed by atoms with Gasteiger partial charge in [-0.2, -0.15) is 10.2 Å². The molecule has 8 nitrogen and oxygen atoms in total. The van der Waals surface area contributed by atoms with Crippen LogP contribution in [0.25, 0.3) is 0 Å². The van der Waals surface area contributed by atoms with Gasteiger partial charge in [0.25, 0.3) is 5.91 Å². The highest BCUT2D eigenvalue weighted by Crippen LogP contribution is 2.19. The average molecular weight is 409 g/mol. The lowest BCUT2D eigenvalue weighted by Gasteiger charge is -2.34. The first-order valence-corrected chi connectivity index (χ1v) is 10.2. The molecule has 0 atom stereocenters. The van der Waals surface area contributed by atoms with Gasteiger partial charge in [-0.05, 0) is 31.5 Å². The predicted molar refractivity (Wildman–Crippen MR) is 113 cm³/mol. The van der Waals surface area contributed by atoms with Crippen molar-refractivity contribution in [2.24, 2.45) is 7.05 Å². The van der Waals surface area contributed by atoms with Crippen molar-refractivity contribution in [3.05, 3.63) is 65.2 Å². The number of piperazine rings is 1. The summed E-state index contributed by atoms with van der Waals surface area (Å²) in [6.45, 7) is 8.30. The van der Waals surface area contributed by atoms with Gasteiger partial charge in [0.15, 0.2) is 12.4 Å². The van der Waals surface area contributed by atoms with Crippen molar-refractivity contribution in [2.75, 3.05) is 26.2 Å². The molecule has 0 N–H and O–H groups in total. The summed E-state index contributed by atoms with van der Waals surface area (Å²) in [5, 5.41) is 8.63. The fourth-order valence-corrected chi connectivity index (χ4v) is 3.73. The van der Waals surface area contributed by atoms with Gasteiger partial charge in [-0.1, -0.05) is 17.7 Å². The van der Waals surface area contributed by atoms with Crippen molar-refractivity contribution in [1.29, 1.82) is 0 Å². The first-order valence-electron chi connectivity index (χ1n) is 10.2. The van der Waals surface area contributed by atoms with Gasteiger partial charge in [0.05, 0.1) is 6.20 Å². The highest BCUT2D eigenvalue weighted by Gasteiger charge is 2.24. The third-order valence-corrected chi connectivity index (χ3v) is 5.37. The number of rotatable bonds is 6. The van der Waals surface area contributed by atoms with Crippen LogP contribution in [0.1, 0.15) is 27.2 Å². The van der Waals surface area contributed by atoms with Crippen molar-refractivity contribution in [3.8, 4) is 5.75 Å². The van der Waals surface area contributed by atoms with Crippen LogP contribution in [-0.4, -0.2) is 61.4 Å². The molecule has 1 fully saturated rings. The lowest BCUT2D eigenvalue weighted by molar-refractivity contribution is 0.0621. The molecule has 0 spiro atoms. The molecule has 1 aromatic carbocycles. The van der Waals surface area contributed by atoms with E-state index >= 15 is 0 Å².